The van der Waals surface area contributed by atoms with Crippen LogP contribution in [0.25, 0.3) is 0 Å². The molecule has 4 nitrogen and oxygen atoms in total. The molecule has 1 aromatic carbocycles. The lowest BCUT2D eigenvalue weighted by Crippen LogP contribution is -2.33. The lowest BCUT2D eigenvalue weighted by molar-refractivity contribution is -0.115. The molecule has 0 saturated carbocycles. The number of hydrogen-bond acceptors (Lipinski definition) is 3. The van der Waals surface area contributed by atoms with Gasteiger partial charge in [0.1, 0.15) is 5.25 Å². The van der Waals surface area contributed by atoms with Crippen LogP contribution in [0.4, 0.5) is 5.69 Å². The van der Waals surface area contributed by atoms with E-state index in [2.05, 4.69) is 5.32 Å². The third-order valence-corrected chi connectivity index (χ3v) is 5.25. The number of nitrogens with one attached hydrogen (secondary N) is 1. The zero-order chi connectivity index (χ0) is 14.6. The van der Waals surface area contributed by atoms with Crippen LogP contribution >= 0.6 is 0 Å². The molecule has 0 spiro atoms. The summed E-state index contributed by atoms with van der Waals surface area (Å²) in [6, 6.07) is 7.44. The number of benzene rings is 1. The zero-order valence-electron chi connectivity index (χ0n) is 11.8. The van der Waals surface area contributed by atoms with Crippen LogP contribution in [-0.2, 0) is 14.6 Å². The summed E-state index contributed by atoms with van der Waals surface area (Å²) in [4.78, 5) is 12.0. The van der Waals surface area contributed by atoms with E-state index in [0.717, 1.165) is 5.56 Å². The van der Waals surface area contributed by atoms with E-state index in [-0.39, 0.29) is 11.7 Å². The number of anilines is 1. The van der Waals surface area contributed by atoms with Gasteiger partial charge in [-0.3, -0.25) is 4.79 Å². The fraction of sp³-hybridized carbons (Fsp3) is 0.500. The fourth-order valence-corrected chi connectivity index (χ4v) is 2.65. The molecular formula is C14H21NO3S. The summed E-state index contributed by atoms with van der Waals surface area (Å²) >= 11 is 0. The molecule has 5 heteroatoms. The second kappa shape index (κ2) is 6.19. The molecule has 1 N–H and O–H groups in total. The number of carbonyl (C=O) groups is 1. The predicted molar refractivity (Wildman–Crippen MR) is 78.1 cm³/mol. The Morgan fingerprint density at radius 3 is 2.32 bits per heavy atom. The number of hydrogen-bond donors (Lipinski definition) is 1. The first-order chi connectivity index (χ1) is 8.79. The van der Waals surface area contributed by atoms with Gasteiger partial charge in [0.2, 0.25) is 5.91 Å². The first-order valence-electron chi connectivity index (χ1n) is 6.41. The van der Waals surface area contributed by atoms with E-state index >= 15 is 0 Å². The highest BCUT2D eigenvalue weighted by atomic mass is 32.2. The summed E-state index contributed by atoms with van der Waals surface area (Å²) in [6.07, 6.45) is 0. The second-order valence-electron chi connectivity index (χ2n) is 4.82. The molecule has 1 aromatic rings. The molecule has 0 bridgehead atoms. The van der Waals surface area contributed by atoms with Gasteiger partial charge in [-0.15, -0.1) is 0 Å². The van der Waals surface area contributed by atoms with Crippen molar-refractivity contribution in [1.82, 2.24) is 0 Å². The van der Waals surface area contributed by atoms with E-state index in [1.165, 1.54) is 6.92 Å². The maximum atomic E-state index is 12.0. The monoisotopic (exact) mass is 283 g/mol. The highest BCUT2D eigenvalue weighted by Crippen LogP contribution is 2.24. The third-order valence-electron chi connectivity index (χ3n) is 3.15. The topological polar surface area (TPSA) is 63.2 Å². The first-order valence-corrected chi connectivity index (χ1v) is 8.12. The number of carbonyl (C=O) groups excluding carboxylic acids is 1. The van der Waals surface area contributed by atoms with E-state index in [1.54, 1.807) is 13.0 Å². The summed E-state index contributed by atoms with van der Waals surface area (Å²) in [5, 5.41) is 1.68. The Morgan fingerprint density at radius 1 is 1.21 bits per heavy atom. The normalized spacial score (nSPS) is 13.3. The van der Waals surface area contributed by atoms with Crippen molar-refractivity contribution >= 4 is 21.4 Å². The minimum absolute atomic E-state index is 0.0343. The van der Waals surface area contributed by atoms with Gasteiger partial charge >= 0.3 is 0 Å². The molecule has 106 valence electrons. The van der Waals surface area contributed by atoms with Gasteiger partial charge in [0.15, 0.2) is 9.84 Å². The molecule has 1 rings (SSSR count). The molecule has 0 saturated heterocycles. The van der Waals surface area contributed by atoms with Crippen molar-refractivity contribution in [2.24, 2.45) is 0 Å². The first kappa shape index (κ1) is 15.7. The highest BCUT2D eigenvalue weighted by Gasteiger charge is 2.26. The van der Waals surface area contributed by atoms with E-state index in [9.17, 15) is 13.2 Å². The molecule has 0 aromatic heterocycles. The van der Waals surface area contributed by atoms with E-state index in [1.807, 2.05) is 32.0 Å². The summed E-state index contributed by atoms with van der Waals surface area (Å²) in [6.45, 7) is 7.02. The standard InChI is InChI=1S/C14H21NO3S/c1-5-19(17,18)11(4)14(16)15-13-9-7-6-8-12(13)10(2)3/h6-11H,5H2,1-4H3,(H,15,16)/t11-/m1/s1. The molecule has 1 amide bonds. The fourth-order valence-electron chi connectivity index (χ4n) is 1.76. The van der Waals surface area contributed by atoms with Gasteiger partial charge in [0, 0.05) is 11.4 Å². The van der Waals surface area contributed by atoms with Crippen LogP contribution in [0.2, 0.25) is 0 Å². The van der Waals surface area contributed by atoms with Crippen LogP contribution < -0.4 is 5.32 Å². The third kappa shape index (κ3) is 3.80. The van der Waals surface area contributed by atoms with E-state index in [0.29, 0.717) is 5.69 Å². The van der Waals surface area contributed by atoms with Crippen LogP contribution in [0, 0.1) is 0 Å². The van der Waals surface area contributed by atoms with Crippen molar-refractivity contribution in [2.75, 3.05) is 11.1 Å². The van der Waals surface area contributed by atoms with E-state index in [4.69, 9.17) is 0 Å². The van der Waals surface area contributed by atoms with Crippen molar-refractivity contribution < 1.29 is 13.2 Å². The summed E-state index contributed by atoms with van der Waals surface area (Å²) in [5.41, 5.74) is 1.68. The molecule has 0 heterocycles. The Morgan fingerprint density at radius 2 is 1.79 bits per heavy atom. The Kier molecular flexibility index (Phi) is 5.11. The molecule has 0 aliphatic rings. The van der Waals surface area contributed by atoms with Crippen molar-refractivity contribution in [3.05, 3.63) is 29.8 Å². The molecule has 0 aliphatic heterocycles. The molecule has 1 atom stereocenters. The predicted octanol–water partition coefficient (Wildman–Crippen LogP) is 2.57. The van der Waals surface area contributed by atoms with Crippen LogP contribution in [0.3, 0.4) is 0 Å². The van der Waals surface area contributed by atoms with Crippen molar-refractivity contribution in [2.45, 2.75) is 38.9 Å². The van der Waals surface area contributed by atoms with Gasteiger partial charge in [-0.05, 0) is 24.5 Å². The summed E-state index contributed by atoms with van der Waals surface area (Å²) in [5.74, 6) is -0.252. The minimum Gasteiger partial charge on any atom is -0.325 e. The largest absolute Gasteiger partial charge is 0.325 e. The van der Waals surface area contributed by atoms with Crippen LogP contribution in [0.1, 0.15) is 39.2 Å². The van der Waals surface area contributed by atoms with Gasteiger partial charge in [-0.25, -0.2) is 8.42 Å². The number of sulfone groups is 1. The van der Waals surface area contributed by atoms with Crippen LogP contribution in [0.5, 0.6) is 0 Å². The van der Waals surface area contributed by atoms with Gasteiger partial charge < -0.3 is 5.32 Å². The maximum Gasteiger partial charge on any atom is 0.242 e. The molecule has 0 fully saturated rings. The molecule has 0 aliphatic carbocycles. The molecule has 19 heavy (non-hydrogen) atoms. The van der Waals surface area contributed by atoms with Gasteiger partial charge in [0.25, 0.3) is 0 Å². The highest BCUT2D eigenvalue weighted by molar-refractivity contribution is 7.92. The van der Waals surface area contributed by atoms with Crippen molar-refractivity contribution in [3.63, 3.8) is 0 Å². The van der Waals surface area contributed by atoms with Gasteiger partial charge in [-0.1, -0.05) is 39.0 Å². The SMILES string of the molecule is CCS(=O)(=O)[C@H](C)C(=O)Nc1ccccc1C(C)C. The van der Waals surface area contributed by atoms with Crippen molar-refractivity contribution in [1.29, 1.82) is 0 Å². The molecular weight excluding hydrogens is 262 g/mol. The smallest absolute Gasteiger partial charge is 0.242 e. The average molecular weight is 283 g/mol. The minimum atomic E-state index is -3.36. The Balaban J connectivity index is 2.95. The Hall–Kier alpha value is -1.36. The molecule has 0 radical (unpaired) electrons. The number of amides is 1. The molecule has 0 unspecified atom stereocenters. The summed E-state index contributed by atoms with van der Waals surface area (Å²) < 4.78 is 23.4. The van der Waals surface area contributed by atoms with Gasteiger partial charge in [-0.2, -0.15) is 0 Å². The van der Waals surface area contributed by atoms with E-state index < -0.39 is 21.0 Å². The number of para-hydroxylation sites is 1. The Bertz CT molecular complexity index is 550. The van der Waals surface area contributed by atoms with Crippen LogP contribution in [-0.4, -0.2) is 25.3 Å². The number of rotatable bonds is 5. The average Bonchev–Trinajstić information content (AvgIpc) is 2.38. The Labute approximate surface area is 115 Å². The maximum absolute atomic E-state index is 12.0. The lowest BCUT2D eigenvalue weighted by atomic mass is 10.0. The van der Waals surface area contributed by atoms with Crippen LogP contribution in [0.15, 0.2) is 24.3 Å². The second-order valence-corrected chi connectivity index (χ2v) is 7.44. The lowest BCUT2D eigenvalue weighted by Gasteiger charge is -2.16. The summed E-state index contributed by atoms with van der Waals surface area (Å²) in [7, 11) is -3.36. The zero-order valence-corrected chi connectivity index (χ0v) is 12.6. The van der Waals surface area contributed by atoms with Gasteiger partial charge in [0.05, 0.1) is 0 Å². The van der Waals surface area contributed by atoms with Crippen molar-refractivity contribution in [3.8, 4) is 0 Å². The quantitative estimate of drug-likeness (QED) is 0.903.